The van der Waals surface area contributed by atoms with E-state index in [1.165, 1.54) is 0 Å². The first kappa shape index (κ1) is 15.9. The number of aromatic nitrogens is 2. The zero-order valence-electron chi connectivity index (χ0n) is 13.4. The Morgan fingerprint density at radius 1 is 1.21 bits per heavy atom. The van der Waals surface area contributed by atoms with Gasteiger partial charge >= 0.3 is 0 Å². The Kier molecular flexibility index (Phi) is 4.37. The summed E-state index contributed by atoms with van der Waals surface area (Å²) in [6, 6.07) is 5.67. The zero-order chi connectivity index (χ0) is 17.1. The van der Waals surface area contributed by atoms with Crippen LogP contribution in [0.1, 0.15) is 24.3 Å². The third kappa shape index (κ3) is 3.17. The normalized spacial score (nSPS) is 17.3. The Morgan fingerprint density at radius 2 is 2.00 bits per heavy atom. The monoisotopic (exact) mass is 330 g/mol. The summed E-state index contributed by atoms with van der Waals surface area (Å²) in [4.78, 5) is 12.1. The minimum absolute atomic E-state index is 0.0193. The molecule has 1 unspecified atom stereocenters. The number of ketones is 1. The van der Waals surface area contributed by atoms with E-state index in [-0.39, 0.29) is 17.5 Å². The van der Waals surface area contributed by atoms with Crippen LogP contribution in [-0.4, -0.2) is 30.3 Å². The van der Waals surface area contributed by atoms with Gasteiger partial charge in [-0.1, -0.05) is 6.07 Å². The summed E-state index contributed by atoms with van der Waals surface area (Å²) in [5.41, 5.74) is 7.35. The van der Waals surface area contributed by atoms with E-state index in [1.54, 1.807) is 20.3 Å². The Hall–Kier alpha value is -3.03. The first-order chi connectivity index (χ1) is 11.6. The van der Waals surface area contributed by atoms with Gasteiger partial charge in [0.05, 0.1) is 14.2 Å². The summed E-state index contributed by atoms with van der Waals surface area (Å²) in [6.07, 6.45) is 2.62. The van der Waals surface area contributed by atoms with Crippen molar-refractivity contribution in [2.75, 3.05) is 25.3 Å². The number of nitrogens with two attached hydrogens (primary N) is 1. The molecule has 0 spiro atoms. The van der Waals surface area contributed by atoms with Crippen molar-refractivity contribution in [1.29, 1.82) is 0 Å². The number of methoxy groups -OCH3 is 2. The van der Waals surface area contributed by atoms with Gasteiger partial charge in [-0.2, -0.15) is 0 Å². The van der Waals surface area contributed by atoms with Crippen LogP contribution in [-0.2, 0) is 4.79 Å². The number of benzene rings is 1. The number of allylic oxidation sites excluding steroid dienone is 2. The topological polar surface area (TPSA) is 112 Å². The molecule has 0 saturated heterocycles. The number of carbonyl (C=O) groups excluding carboxylic acids is 1. The summed E-state index contributed by atoms with van der Waals surface area (Å²) >= 11 is 0. The second kappa shape index (κ2) is 6.61. The van der Waals surface area contributed by atoms with E-state index in [2.05, 4.69) is 20.3 Å². The first-order valence-corrected chi connectivity index (χ1v) is 7.41. The van der Waals surface area contributed by atoms with Gasteiger partial charge in [-0.3, -0.25) is 4.79 Å². The predicted octanol–water partition coefficient (Wildman–Crippen LogP) is 2.11. The van der Waals surface area contributed by atoms with Crippen LogP contribution in [0.25, 0.3) is 0 Å². The molecule has 0 bridgehead atoms. The lowest BCUT2D eigenvalue weighted by molar-refractivity contribution is -0.115. The van der Waals surface area contributed by atoms with E-state index in [1.807, 2.05) is 18.2 Å². The number of nitrogens with zero attached hydrogens (tertiary/aromatic N) is 2. The molecule has 1 aliphatic carbocycles. The van der Waals surface area contributed by atoms with Crippen molar-refractivity contribution in [3.05, 3.63) is 35.5 Å². The summed E-state index contributed by atoms with van der Waals surface area (Å²) < 4.78 is 15.1. The highest BCUT2D eigenvalue weighted by Gasteiger charge is 2.24. The second-order valence-electron chi connectivity index (χ2n) is 5.48. The van der Waals surface area contributed by atoms with Gasteiger partial charge in [0.25, 0.3) is 0 Å². The summed E-state index contributed by atoms with van der Waals surface area (Å²) in [5, 5.41) is 10.2. The molecular weight excluding hydrogens is 312 g/mol. The Balaban J connectivity index is 1.82. The van der Waals surface area contributed by atoms with Crippen molar-refractivity contribution in [2.24, 2.45) is 0 Å². The standard InChI is InChI=1S/C16H18N4O4/c1-22-13-4-3-9(7-14(13)23-2)10-5-11(8-12(21)6-10)18-16-15(17)19-24-20-16/h3-4,7-8,10H,5-6H2,1-2H3,(H2,17,19)(H,18,20). The maximum absolute atomic E-state index is 12.1. The molecule has 3 N–H and O–H groups in total. The van der Waals surface area contributed by atoms with Gasteiger partial charge in [0.1, 0.15) is 0 Å². The molecule has 1 aromatic heterocycles. The number of rotatable bonds is 5. The van der Waals surface area contributed by atoms with Crippen LogP contribution < -0.4 is 20.5 Å². The molecule has 1 heterocycles. The van der Waals surface area contributed by atoms with Crippen LogP contribution in [0.5, 0.6) is 11.5 Å². The second-order valence-corrected chi connectivity index (χ2v) is 5.48. The smallest absolute Gasteiger partial charge is 0.219 e. The Labute approximate surface area is 138 Å². The number of nitrogen functional groups attached to an aromatic ring is 1. The average Bonchev–Trinajstić information content (AvgIpc) is 2.98. The third-order valence-electron chi connectivity index (χ3n) is 3.92. The van der Waals surface area contributed by atoms with E-state index in [0.717, 1.165) is 5.56 Å². The largest absolute Gasteiger partial charge is 0.493 e. The van der Waals surface area contributed by atoms with Crippen molar-refractivity contribution in [1.82, 2.24) is 10.3 Å². The first-order valence-electron chi connectivity index (χ1n) is 7.41. The van der Waals surface area contributed by atoms with Crippen LogP contribution in [0.2, 0.25) is 0 Å². The lowest BCUT2D eigenvalue weighted by Gasteiger charge is -2.23. The molecule has 0 amide bonds. The summed E-state index contributed by atoms with van der Waals surface area (Å²) in [7, 11) is 3.17. The van der Waals surface area contributed by atoms with E-state index >= 15 is 0 Å². The molecule has 1 aromatic carbocycles. The van der Waals surface area contributed by atoms with Gasteiger partial charge in [-0.25, -0.2) is 4.63 Å². The predicted molar refractivity (Wildman–Crippen MR) is 86.9 cm³/mol. The highest BCUT2D eigenvalue weighted by molar-refractivity contribution is 5.92. The van der Waals surface area contributed by atoms with E-state index in [9.17, 15) is 4.79 Å². The fourth-order valence-corrected chi connectivity index (χ4v) is 2.76. The van der Waals surface area contributed by atoms with E-state index in [4.69, 9.17) is 15.2 Å². The summed E-state index contributed by atoms with van der Waals surface area (Å²) in [5.74, 6) is 1.79. The van der Waals surface area contributed by atoms with Gasteiger partial charge in [0, 0.05) is 18.2 Å². The van der Waals surface area contributed by atoms with Crippen molar-refractivity contribution < 1.29 is 18.9 Å². The van der Waals surface area contributed by atoms with Crippen molar-refractivity contribution in [3.63, 3.8) is 0 Å². The quantitative estimate of drug-likeness (QED) is 0.857. The molecule has 0 saturated carbocycles. The summed E-state index contributed by atoms with van der Waals surface area (Å²) in [6.45, 7) is 0. The molecule has 8 nitrogen and oxygen atoms in total. The van der Waals surface area contributed by atoms with Crippen LogP contribution in [0.3, 0.4) is 0 Å². The lowest BCUT2D eigenvalue weighted by Crippen LogP contribution is -2.17. The molecule has 0 fully saturated rings. The fraction of sp³-hybridized carbons (Fsp3) is 0.312. The third-order valence-corrected chi connectivity index (χ3v) is 3.92. The maximum atomic E-state index is 12.1. The van der Waals surface area contributed by atoms with Crippen LogP contribution >= 0.6 is 0 Å². The molecular formula is C16H18N4O4. The van der Waals surface area contributed by atoms with Gasteiger partial charge in [-0.15, -0.1) is 0 Å². The minimum Gasteiger partial charge on any atom is -0.493 e. The number of hydrogen-bond donors (Lipinski definition) is 2. The molecule has 0 radical (unpaired) electrons. The molecule has 2 aromatic rings. The van der Waals surface area contributed by atoms with E-state index in [0.29, 0.717) is 35.9 Å². The Morgan fingerprint density at radius 3 is 2.67 bits per heavy atom. The molecule has 1 atom stereocenters. The van der Waals surface area contributed by atoms with Crippen LogP contribution in [0, 0.1) is 0 Å². The minimum atomic E-state index is 0.0193. The molecule has 8 heteroatoms. The Bertz CT molecular complexity index is 784. The SMILES string of the molecule is COc1ccc(C2CC(=O)C=C(Nc3nonc3N)C2)cc1OC. The molecule has 3 rings (SSSR count). The molecule has 0 aliphatic heterocycles. The number of hydrogen-bond acceptors (Lipinski definition) is 8. The number of carbonyl (C=O) groups is 1. The van der Waals surface area contributed by atoms with Gasteiger partial charge in [0.15, 0.2) is 17.3 Å². The van der Waals surface area contributed by atoms with Gasteiger partial charge in [0.2, 0.25) is 11.6 Å². The van der Waals surface area contributed by atoms with Gasteiger partial charge < -0.3 is 20.5 Å². The van der Waals surface area contributed by atoms with Crippen molar-refractivity contribution in [3.8, 4) is 11.5 Å². The van der Waals surface area contributed by atoms with Crippen LogP contribution in [0.4, 0.5) is 11.6 Å². The fourth-order valence-electron chi connectivity index (χ4n) is 2.76. The highest BCUT2D eigenvalue weighted by atomic mass is 16.6. The van der Waals surface area contributed by atoms with Crippen molar-refractivity contribution in [2.45, 2.75) is 18.8 Å². The average molecular weight is 330 g/mol. The number of ether oxygens (including phenoxy) is 2. The van der Waals surface area contributed by atoms with Crippen LogP contribution in [0.15, 0.2) is 34.6 Å². The zero-order valence-corrected chi connectivity index (χ0v) is 13.4. The molecule has 126 valence electrons. The van der Waals surface area contributed by atoms with E-state index < -0.39 is 0 Å². The highest BCUT2D eigenvalue weighted by Crippen LogP contribution is 2.36. The number of nitrogens with one attached hydrogen (secondary N) is 1. The molecule has 1 aliphatic rings. The number of anilines is 2. The van der Waals surface area contributed by atoms with Gasteiger partial charge in [-0.05, 0) is 40.3 Å². The lowest BCUT2D eigenvalue weighted by atomic mass is 9.85. The van der Waals surface area contributed by atoms with Crippen molar-refractivity contribution >= 4 is 17.4 Å². The molecule has 24 heavy (non-hydrogen) atoms. The maximum Gasteiger partial charge on any atom is 0.219 e.